The molecule has 2 nitrogen and oxygen atoms in total. The molecule has 1 aromatic carbocycles. The first-order valence-electron chi connectivity index (χ1n) is 5.52. The number of benzene rings is 1. The Hall–Kier alpha value is -0.940. The number of aliphatic hydroxyl groups excluding tert-OH is 1. The van der Waals surface area contributed by atoms with Crippen molar-refractivity contribution in [2.45, 2.75) is 12.6 Å². The van der Waals surface area contributed by atoms with Gasteiger partial charge in [-0.15, -0.1) is 0 Å². The second kappa shape index (κ2) is 6.29. The molecule has 1 heterocycles. The minimum Gasteiger partial charge on any atom is -0.387 e. The van der Waals surface area contributed by atoms with Gasteiger partial charge in [0.05, 0.1) is 6.10 Å². The molecule has 0 amide bonds. The molecule has 5 heteroatoms. The van der Waals surface area contributed by atoms with Crippen molar-refractivity contribution in [2.75, 3.05) is 6.54 Å². The highest BCUT2D eigenvalue weighted by molar-refractivity contribution is 7.07. The summed E-state index contributed by atoms with van der Waals surface area (Å²) in [7, 11) is 0. The summed E-state index contributed by atoms with van der Waals surface area (Å²) in [6.07, 6.45) is -0.582. The number of hydrogen-bond donors (Lipinski definition) is 2. The SMILES string of the molecule is OC(CNCc1c(F)cccc1Cl)c1ccsc1. The Balaban J connectivity index is 1.89. The van der Waals surface area contributed by atoms with Crippen LogP contribution in [0.4, 0.5) is 4.39 Å². The summed E-state index contributed by atoms with van der Waals surface area (Å²) < 4.78 is 13.5. The summed E-state index contributed by atoms with van der Waals surface area (Å²) in [6.45, 7) is 0.661. The van der Waals surface area contributed by atoms with Gasteiger partial charge in [0.25, 0.3) is 0 Å². The number of aliphatic hydroxyl groups is 1. The van der Waals surface area contributed by atoms with Gasteiger partial charge in [-0.1, -0.05) is 17.7 Å². The van der Waals surface area contributed by atoms with Crippen LogP contribution in [-0.4, -0.2) is 11.7 Å². The lowest BCUT2D eigenvalue weighted by molar-refractivity contribution is 0.174. The van der Waals surface area contributed by atoms with E-state index in [1.165, 1.54) is 17.4 Å². The van der Waals surface area contributed by atoms with E-state index >= 15 is 0 Å². The third-order valence-electron chi connectivity index (χ3n) is 2.63. The van der Waals surface area contributed by atoms with Gasteiger partial charge >= 0.3 is 0 Å². The molecule has 1 unspecified atom stereocenters. The number of nitrogens with one attached hydrogen (secondary N) is 1. The highest BCUT2D eigenvalue weighted by Gasteiger charge is 2.09. The maximum Gasteiger partial charge on any atom is 0.129 e. The van der Waals surface area contributed by atoms with Crippen LogP contribution in [0, 0.1) is 5.82 Å². The quantitative estimate of drug-likeness (QED) is 0.883. The van der Waals surface area contributed by atoms with Crippen LogP contribution in [0.5, 0.6) is 0 Å². The summed E-state index contributed by atoms with van der Waals surface area (Å²) in [5, 5.41) is 17.0. The van der Waals surface area contributed by atoms with Gasteiger partial charge in [0.15, 0.2) is 0 Å². The normalized spacial score (nSPS) is 12.6. The molecule has 2 N–H and O–H groups in total. The second-order valence-corrected chi connectivity index (χ2v) is 5.09. The van der Waals surface area contributed by atoms with Crippen LogP contribution >= 0.6 is 22.9 Å². The van der Waals surface area contributed by atoms with Crippen molar-refractivity contribution >= 4 is 22.9 Å². The molecule has 0 aliphatic rings. The Morgan fingerprint density at radius 1 is 1.39 bits per heavy atom. The molecule has 0 bridgehead atoms. The van der Waals surface area contributed by atoms with Crippen molar-refractivity contribution < 1.29 is 9.50 Å². The fourth-order valence-electron chi connectivity index (χ4n) is 1.62. The molecule has 0 saturated heterocycles. The fourth-order valence-corrected chi connectivity index (χ4v) is 2.55. The van der Waals surface area contributed by atoms with Crippen molar-refractivity contribution in [3.63, 3.8) is 0 Å². The van der Waals surface area contributed by atoms with E-state index in [-0.39, 0.29) is 5.82 Å². The Bertz CT molecular complexity index is 483. The van der Waals surface area contributed by atoms with Crippen molar-refractivity contribution in [1.29, 1.82) is 0 Å². The summed E-state index contributed by atoms with van der Waals surface area (Å²) in [5.41, 5.74) is 1.30. The van der Waals surface area contributed by atoms with Crippen molar-refractivity contribution in [3.8, 4) is 0 Å². The average molecular weight is 286 g/mol. The van der Waals surface area contributed by atoms with Crippen LogP contribution in [-0.2, 0) is 6.54 Å². The van der Waals surface area contributed by atoms with E-state index in [1.54, 1.807) is 12.1 Å². The van der Waals surface area contributed by atoms with E-state index in [2.05, 4.69) is 5.32 Å². The maximum atomic E-state index is 13.5. The molecule has 0 spiro atoms. The van der Waals surface area contributed by atoms with E-state index in [1.807, 2.05) is 16.8 Å². The third kappa shape index (κ3) is 3.29. The highest BCUT2D eigenvalue weighted by Crippen LogP contribution is 2.19. The molecule has 18 heavy (non-hydrogen) atoms. The summed E-state index contributed by atoms with van der Waals surface area (Å²) >= 11 is 7.44. The van der Waals surface area contributed by atoms with Crippen LogP contribution in [0.2, 0.25) is 5.02 Å². The van der Waals surface area contributed by atoms with Gasteiger partial charge in [-0.25, -0.2) is 4.39 Å². The molecular formula is C13H13ClFNOS. The van der Waals surface area contributed by atoms with Crippen LogP contribution in [0.3, 0.4) is 0 Å². The molecule has 96 valence electrons. The third-order valence-corrected chi connectivity index (χ3v) is 3.68. The molecule has 0 radical (unpaired) electrons. The molecule has 2 aromatic rings. The molecular weight excluding hydrogens is 273 g/mol. The predicted octanol–water partition coefficient (Wildman–Crippen LogP) is 3.36. The van der Waals surface area contributed by atoms with E-state index in [9.17, 15) is 9.50 Å². The lowest BCUT2D eigenvalue weighted by Crippen LogP contribution is -2.21. The van der Waals surface area contributed by atoms with Crippen LogP contribution in [0.1, 0.15) is 17.2 Å². The standard InChI is InChI=1S/C13H13ClFNOS/c14-11-2-1-3-12(15)10(11)6-16-7-13(17)9-4-5-18-8-9/h1-5,8,13,16-17H,6-7H2. The van der Waals surface area contributed by atoms with Crippen LogP contribution in [0.25, 0.3) is 0 Å². The van der Waals surface area contributed by atoms with Gasteiger partial charge < -0.3 is 10.4 Å². The fraction of sp³-hybridized carbons (Fsp3) is 0.231. The van der Waals surface area contributed by atoms with Crippen molar-refractivity contribution in [2.24, 2.45) is 0 Å². The zero-order valence-electron chi connectivity index (χ0n) is 9.57. The maximum absolute atomic E-state index is 13.5. The van der Waals surface area contributed by atoms with E-state index < -0.39 is 6.10 Å². The summed E-state index contributed by atoms with van der Waals surface area (Å²) in [4.78, 5) is 0. The highest BCUT2D eigenvalue weighted by atomic mass is 35.5. The van der Waals surface area contributed by atoms with E-state index in [0.717, 1.165) is 5.56 Å². The van der Waals surface area contributed by atoms with Gasteiger partial charge in [-0.05, 0) is 34.5 Å². The lowest BCUT2D eigenvalue weighted by atomic mass is 10.2. The van der Waals surface area contributed by atoms with Gasteiger partial charge in [0.2, 0.25) is 0 Å². The zero-order valence-corrected chi connectivity index (χ0v) is 11.1. The van der Waals surface area contributed by atoms with Crippen molar-refractivity contribution in [1.82, 2.24) is 5.32 Å². The monoisotopic (exact) mass is 285 g/mol. The zero-order chi connectivity index (χ0) is 13.0. The first kappa shape index (κ1) is 13.5. The van der Waals surface area contributed by atoms with E-state index in [4.69, 9.17) is 11.6 Å². The molecule has 0 aliphatic carbocycles. The molecule has 0 saturated carbocycles. The Morgan fingerprint density at radius 2 is 2.22 bits per heavy atom. The lowest BCUT2D eigenvalue weighted by Gasteiger charge is -2.11. The molecule has 1 atom stereocenters. The minimum absolute atomic E-state index is 0.298. The summed E-state index contributed by atoms with van der Waals surface area (Å²) in [5.74, 6) is -0.333. The van der Waals surface area contributed by atoms with Gasteiger partial charge in [0.1, 0.15) is 5.82 Å². The number of halogens is 2. The largest absolute Gasteiger partial charge is 0.387 e. The molecule has 1 aromatic heterocycles. The molecule has 0 aliphatic heterocycles. The molecule has 2 rings (SSSR count). The van der Waals surface area contributed by atoms with E-state index in [0.29, 0.717) is 23.7 Å². The first-order chi connectivity index (χ1) is 8.68. The Kier molecular flexibility index (Phi) is 4.72. The number of thiophene rings is 1. The molecule has 0 fully saturated rings. The van der Waals surface area contributed by atoms with Gasteiger partial charge in [-0.3, -0.25) is 0 Å². The van der Waals surface area contributed by atoms with Gasteiger partial charge in [0, 0.05) is 23.7 Å². The number of rotatable bonds is 5. The smallest absolute Gasteiger partial charge is 0.129 e. The topological polar surface area (TPSA) is 32.3 Å². The first-order valence-corrected chi connectivity index (χ1v) is 6.84. The Morgan fingerprint density at radius 3 is 2.89 bits per heavy atom. The van der Waals surface area contributed by atoms with Crippen molar-refractivity contribution in [3.05, 3.63) is 57.0 Å². The second-order valence-electron chi connectivity index (χ2n) is 3.90. The predicted molar refractivity (Wildman–Crippen MR) is 72.4 cm³/mol. The summed E-state index contributed by atoms with van der Waals surface area (Å²) in [6, 6.07) is 6.46. The van der Waals surface area contributed by atoms with Crippen LogP contribution < -0.4 is 5.32 Å². The van der Waals surface area contributed by atoms with Gasteiger partial charge in [-0.2, -0.15) is 11.3 Å². The number of hydrogen-bond acceptors (Lipinski definition) is 3. The Labute approximate surface area is 114 Å². The average Bonchev–Trinajstić information content (AvgIpc) is 2.86. The minimum atomic E-state index is -0.582. The van der Waals surface area contributed by atoms with Crippen LogP contribution in [0.15, 0.2) is 35.0 Å².